The lowest BCUT2D eigenvalue weighted by Crippen LogP contribution is -2.28. The number of rotatable bonds is 11. The van der Waals surface area contributed by atoms with E-state index >= 15 is 0 Å². The predicted molar refractivity (Wildman–Crippen MR) is 202 cm³/mol. The molecule has 1 saturated heterocycles. The van der Waals surface area contributed by atoms with Gasteiger partial charge < -0.3 is 15.6 Å². The minimum absolute atomic E-state index is 0.351. The second kappa shape index (κ2) is 14.1. The molecule has 0 saturated carbocycles. The Bertz CT molecular complexity index is 2220. The van der Waals surface area contributed by atoms with Gasteiger partial charge in [0.05, 0.1) is 28.4 Å². The number of imidazole rings is 1. The van der Waals surface area contributed by atoms with Crippen molar-refractivity contribution in [1.82, 2.24) is 40.2 Å². The van der Waals surface area contributed by atoms with E-state index in [1.54, 1.807) is 6.20 Å². The van der Waals surface area contributed by atoms with Gasteiger partial charge in [-0.3, -0.25) is 19.8 Å². The fourth-order valence-corrected chi connectivity index (χ4v) is 6.35. The lowest BCUT2D eigenvalue weighted by Gasteiger charge is -2.23. The van der Waals surface area contributed by atoms with Gasteiger partial charge in [-0.15, -0.1) is 0 Å². The van der Waals surface area contributed by atoms with E-state index in [2.05, 4.69) is 71.5 Å². The normalized spacial score (nSPS) is 14.9. The molecule has 0 amide bonds. The van der Waals surface area contributed by atoms with Crippen LogP contribution >= 0.6 is 9.39 Å². The number of anilines is 1. The molecule has 1 aliphatic rings. The summed E-state index contributed by atoms with van der Waals surface area (Å²) < 4.78 is 18.0. The zero-order valence-electron chi connectivity index (χ0n) is 27.5. The molecule has 1 aliphatic heterocycles. The summed E-state index contributed by atoms with van der Waals surface area (Å²) in [5, 5.41) is 15.9. The van der Waals surface area contributed by atoms with Crippen LogP contribution in [-0.2, 0) is 6.54 Å². The van der Waals surface area contributed by atoms with Crippen LogP contribution in [0.4, 0.5) is 10.1 Å². The number of nitrogens with one attached hydrogen (secondary N) is 5. The van der Waals surface area contributed by atoms with Crippen LogP contribution in [0, 0.1) is 11.7 Å². The summed E-state index contributed by atoms with van der Waals surface area (Å²) in [6.45, 7) is 13.2. The van der Waals surface area contributed by atoms with Crippen molar-refractivity contribution in [3.8, 4) is 22.8 Å². The highest BCUT2D eigenvalue weighted by Crippen LogP contribution is 2.29. The van der Waals surface area contributed by atoms with Crippen molar-refractivity contribution < 1.29 is 4.39 Å². The molecule has 1 aromatic carbocycles. The van der Waals surface area contributed by atoms with Crippen molar-refractivity contribution in [2.75, 3.05) is 24.7 Å². The highest BCUT2D eigenvalue weighted by atomic mass is 32.2. The predicted octanol–water partition coefficient (Wildman–Crippen LogP) is 5.46. The van der Waals surface area contributed by atoms with E-state index in [0.717, 1.165) is 58.5 Å². The zero-order chi connectivity index (χ0) is 33.8. The third-order valence-electron chi connectivity index (χ3n) is 8.39. The van der Waals surface area contributed by atoms with E-state index in [-0.39, 0.29) is 5.82 Å². The molecule has 11 heteroatoms. The van der Waals surface area contributed by atoms with Gasteiger partial charge in [0.25, 0.3) is 0 Å². The highest BCUT2D eigenvalue weighted by molar-refractivity contribution is 8.25. The van der Waals surface area contributed by atoms with Crippen LogP contribution in [0.3, 0.4) is 0 Å². The lowest BCUT2D eigenvalue weighted by molar-refractivity contribution is 0.373. The minimum atomic E-state index is -1.45. The summed E-state index contributed by atoms with van der Waals surface area (Å²) in [5.74, 6) is 8.94. The van der Waals surface area contributed by atoms with Gasteiger partial charge in [-0.05, 0) is 105 Å². The van der Waals surface area contributed by atoms with Crippen LogP contribution in [0.2, 0.25) is 0 Å². The van der Waals surface area contributed by atoms with Crippen LogP contribution < -0.4 is 25.9 Å². The van der Waals surface area contributed by atoms with E-state index < -0.39 is 9.39 Å². The van der Waals surface area contributed by atoms with Crippen molar-refractivity contribution in [1.29, 1.82) is 0 Å². The Morgan fingerprint density at radius 1 is 1.12 bits per heavy atom. The average molecular weight is 664 g/mol. The number of aromatic amines is 2. The molecule has 0 unspecified atom stereocenters. The van der Waals surface area contributed by atoms with Gasteiger partial charge in [-0.1, -0.05) is 31.0 Å². The molecule has 4 aromatic heterocycles. The maximum absolute atomic E-state index is 14.7. The monoisotopic (exact) mass is 663 g/mol. The molecule has 0 spiro atoms. The molecule has 1 fully saturated rings. The van der Waals surface area contributed by atoms with Crippen LogP contribution in [0.15, 0.2) is 67.3 Å². The van der Waals surface area contributed by atoms with E-state index in [4.69, 9.17) is 4.98 Å². The fourth-order valence-electron chi connectivity index (χ4n) is 5.84. The number of hydrogen-bond donors (Lipinski definition) is 5. The van der Waals surface area contributed by atoms with Crippen LogP contribution in [0.25, 0.3) is 52.0 Å². The lowest BCUT2D eigenvalue weighted by atomic mass is 9.93. The third-order valence-corrected chi connectivity index (χ3v) is 9.23. The molecular weight excluding hydrogens is 622 g/mol. The summed E-state index contributed by atoms with van der Waals surface area (Å²) in [6.07, 6.45) is 14.6. The fraction of sp³-hybridized carbons (Fsp3) is 0.243. The molecule has 48 heavy (non-hydrogen) atoms. The van der Waals surface area contributed by atoms with Crippen molar-refractivity contribution in [2.45, 2.75) is 32.7 Å². The van der Waals surface area contributed by atoms with Crippen LogP contribution in [0.5, 0.6) is 0 Å². The van der Waals surface area contributed by atoms with Crippen LogP contribution in [0.1, 0.15) is 37.3 Å². The Balaban J connectivity index is 1.22. The number of H-pyrrole nitrogens is 2. The summed E-state index contributed by atoms with van der Waals surface area (Å²) in [4.78, 5) is 17.2. The first-order valence-corrected chi connectivity index (χ1v) is 18.3. The summed E-state index contributed by atoms with van der Waals surface area (Å²) >= 11 is 0. The van der Waals surface area contributed by atoms with Crippen molar-refractivity contribution in [2.24, 2.45) is 5.92 Å². The molecule has 5 N–H and O–H groups in total. The summed E-state index contributed by atoms with van der Waals surface area (Å²) in [6, 6.07) is 8.81. The second-order valence-corrected chi connectivity index (χ2v) is 15.5. The van der Waals surface area contributed by atoms with Crippen LogP contribution in [-0.4, -0.2) is 61.2 Å². The molecular formula is C37H42FN9S. The number of allylic oxidation sites excluding steroid dienone is 3. The van der Waals surface area contributed by atoms with Crippen molar-refractivity contribution in [3.05, 3.63) is 94.8 Å². The molecule has 9 nitrogen and oxygen atoms in total. The summed E-state index contributed by atoms with van der Waals surface area (Å²) in [5.41, 5.74) is 7.91. The van der Waals surface area contributed by atoms with E-state index in [0.29, 0.717) is 46.0 Å². The highest BCUT2D eigenvalue weighted by Gasteiger charge is 2.16. The van der Waals surface area contributed by atoms with E-state index in [1.165, 1.54) is 25.0 Å². The smallest absolute Gasteiger partial charge is 0.159 e. The van der Waals surface area contributed by atoms with E-state index in [1.807, 2.05) is 49.9 Å². The Morgan fingerprint density at radius 2 is 1.94 bits per heavy atom. The Kier molecular flexibility index (Phi) is 9.72. The van der Waals surface area contributed by atoms with Crippen molar-refractivity contribution in [3.63, 3.8) is 0 Å². The zero-order valence-corrected chi connectivity index (χ0v) is 28.3. The third kappa shape index (κ3) is 7.99. The molecule has 6 rings (SSSR count). The van der Waals surface area contributed by atoms with E-state index in [9.17, 15) is 4.39 Å². The van der Waals surface area contributed by atoms with Gasteiger partial charge in [0.2, 0.25) is 0 Å². The minimum Gasteiger partial charge on any atom is -0.358 e. The maximum atomic E-state index is 14.7. The molecule has 5 aromatic rings. The number of halogens is 1. The molecule has 0 radical (unpaired) electrons. The van der Waals surface area contributed by atoms with Crippen molar-refractivity contribution >= 4 is 56.1 Å². The number of hydrogen-bond acceptors (Lipinski definition) is 7. The number of pyridine rings is 2. The van der Waals surface area contributed by atoms with Gasteiger partial charge >= 0.3 is 0 Å². The van der Waals surface area contributed by atoms with Gasteiger partial charge in [0.1, 0.15) is 17.0 Å². The number of benzene rings is 1. The standard InChI is InChI=1S/C37H42FN9S/c1-23(29-19-31(22-40-21-29)43-24(2)15-26-9-12-39-13-10-26)7-8-32-25(3)34(47-46-32)37-44-33-11-14-41-35(36(33)45-37)28-16-27(17-30(38)18-28)20-42-48(4,5)6/h7-8,11,14,16-19,21-22,26,39,42-43,46H,2-5,9-10,12-13,15,20H2,1,6H3,(H,44,45)/b23-7+,32-8+. The Labute approximate surface area is 280 Å². The molecule has 0 aliphatic carbocycles. The molecule has 0 bridgehead atoms. The quantitative estimate of drug-likeness (QED) is 0.119. The second-order valence-electron chi connectivity index (χ2n) is 12.7. The Hall–Kier alpha value is -4.84. The number of piperidine rings is 1. The SMILES string of the molecule is C=C(CC1CCNCC1)Nc1cncc(/C(C)=C/C=c2/[nH]nc(-c3nc4c(-c5cc(F)cc(CNS(=C)(=C)C)c5)nccc4[nH]3)c2=C)c1. The van der Waals surface area contributed by atoms with Gasteiger partial charge in [-0.2, -0.15) is 14.5 Å². The molecule has 0 atom stereocenters. The summed E-state index contributed by atoms with van der Waals surface area (Å²) in [7, 11) is -1.45. The Morgan fingerprint density at radius 3 is 2.73 bits per heavy atom. The molecule has 5 heterocycles. The number of nitrogens with zero attached hydrogens (tertiary/aromatic N) is 4. The first kappa shape index (κ1) is 33.1. The topological polar surface area (TPSA) is 119 Å². The maximum Gasteiger partial charge on any atom is 0.159 e. The van der Waals surface area contributed by atoms with Gasteiger partial charge in [-0.25, -0.2) is 9.37 Å². The average Bonchev–Trinajstić information content (AvgIpc) is 3.65. The number of aromatic nitrogens is 6. The number of fused-ring (bicyclic) bond motifs is 1. The first-order valence-electron chi connectivity index (χ1n) is 15.9. The first-order chi connectivity index (χ1) is 23.0. The van der Waals surface area contributed by atoms with Gasteiger partial charge in [0, 0.05) is 35.4 Å². The van der Waals surface area contributed by atoms with Gasteiger partial charge in [0.15, 0.2) is 5.82 Å². The largest absolute Gasteiger partial charge is 0.358 e. The molecule has 248 valence electrons.